The Balaban J connectivity index is 0.00000162. The van der Waals surface area contributed by atoms with Crippen molar-refractivity contribution in [2.24, 2.45) is 0 Å². The zero-order chi connectivity index (χ0) is 11.9. The van der Waals surface area contributed by atoms with Gasteiger partial charge in [0.25, 0.3) is 0 Å². The number of carbonyl (C=O) groups is 1. The molecule has 18 heavy (non-hydrogen) atoms. The number of nitrogens with one attached hydrogen (secondary N) is 2. The molecule has 0 bridgehead atoms. The van der Waals surface area contributed by atoms with E-state index in [2.05, 4.69) is 10.6 Å². The first-order valence-corrected chi connectivity index (χ1v) is 6.02. The van der Waals surface area contributed by atoms with E-state index in [0.717, 1.165) is 31.5 Å². The largest absolute Gasteiger partial charge is 0.445 e. The second-order valence-electron chi connectivity index (χ2n) is 4.25. The van der Waals surface area contributed by atoms with Gasteiger partial charge in [-0.2, -0.15) is 0 Å². The van der Waals surface area contributed by atoms with Crippen LogP contribution in [0.4, 0.5) is 4.79 Å². The van der Waals surface area contributed by atoms with E-state index in [1.54, 1.807) is 0 Å². The molecule has 0 saturated carbocycles. The summed E-state index contributed by atoms with van der Waals surface area (Å²) in [5.41, 5.74) is 1.00. The van der Waals surface area contributed by atoms with Gasteiger partial charge in [-0.05, 0) is 24.9 Å². The summed E-state index contributed by atoms with van der Waals surface area (Å²) in [5, 5.41) is 6.11. The van der Waals surface area contributed by atoms with Crippen LogP contribution >= 0.6 is 12.4 Å². The highest BCUT2D eigenvalue weighted by Crippen LogP contribution is 2.03. The van der Waals surface area contributed by atoms with Crippen molar-refractivity contribution in [1.29, 1.82) is 0 Å². The number of hydrogen-bond acceptors (Lipinski definition) is 3. The van der Waals surface area contributed by atoms with Gasteiger partial charge in [0.05, 0.1) is 0 Å². The van der Waals surface area contributed by atoms with E-state index in [1.807, 2.05) is 30.3 Å². The van der Waals surface area contributed by atoms with Crippen molar-refractivity contribution in [2.45, 2.75) is 25.5 Å². The Kier molecular flexibility index (Phi) is 6.54. The van der Waals surface area contributed by atoms with E-state index in [-0.39, 0.29) is 24.5 Å². The minimum absolute atomic E-state index is 0. The number of hydrogen-bond donors (Lipinski definition) is 2. The number of carbonyl (C=O) groups excluding carboxylic acids is 1. The number of benzene rings is 1. The van der Waals surface area contributed by atoms with Crippen molar-refractivity contribution in [3.05, 3.63) is 35.9 Å². The van der Waals surface area contributed by atoms with Crippen molar-refractivity contribution in [1.82, 2.24) is 10.6 Å². The van der Waals surface area contributed by atoms with Gasteiger partial charge in [0.2, 0.25) is 0 Å². The lowest BCUT2D eigenvalue weighted by Gasteiger charge is -2.23. The molecule has 1 heterocycles. The molecule has 1 aromatic carbocycles. The standard InChI is InChI=1S/C13H18N2O2.ClH/c16-13(15-12-7-4-8-14-9-12)17-10-11-5-2-1-3-6-11;/h1-3,5-6,12,14H,4,7-10H2,(H,15,16);1H. The average Bonchev–Trinajstić information content (AvgIpc) is 2.39. The molecule has 100 valence electrons. The summed E-state index contributed by atoms with van der Waals surface area (Å²) in [7, 11) is 0. The van der Waals surface area contributed by atoms with Gasteiger partial charge >= 0.3 is 6.09 Å². The average molecular weight is 271 g/mol. The molecule has 5 heteroatoms. The van der Waals surface area contributed by atoms with E-state index < -0.39 is 0 Å². The second kappa shape index (κ2) is 7.95. The van der Waals surface area contributed by atoms with E-state index in [0.29, 0.717) is 6.61 Å². The quantitative estimate of drug-likeness (QED) is 0.884. The Morgan fingerprint density at radius 2 is 2.17 bits per heavy atom. The lowest BCUT2D eigenvalue weighted by molar-refractivity contribution is 0.134. The van der Waals surface area contributed by atoms with E-state index in [4.69, 9.17) is 4.74 Å². The van der Waals surface area contributed by atoms with Crippen LogP contribution in [0.5, 0.6) is 0 Å². The monoisotopic (exact) mass is 270 g/mol. The third-order valence-corrected chi connectivity index (χ3v) is 2.83. The summed E-state index contributed by atoms with van der Waals surface area (Å²) in [4.78, 5) is 11.5. The predicted octanol–water partition coefficient (Wildman–Crippen LogP) is 2.09. The van der Waals surface area contributed by atoms with Crippen LogP contribution in [0.1, 0.15) is 18.4 Å². The highest BCUT2D eigenvalue weighted by molar-refractivity contribution is 5.85. The lowest BCUT2D eigenvalue weighted by atomic mass is 10.1. The normalized spacial score (nSPS) is 18.6. The first-order valence-electron chi connectivity index (χ1n) is 6.02. The van der Waals surface area contributed by atoms with Crippen molar-refractivity contribution >= 4 is 18.5 Å². The predicted molar refractivity (Wildman–Crippen MR) is 72.9 cm³/mol. The maximum Gasteiger partial charge on any atom is 0.407 e. The highest BCUT2D eigenvalue weighted by atomic mass is 35.5. The zero-order valence-electron chi connectivity index (χ0n) is 10.2. The van der Waals surface area contributed by atoms with E-state index >= 15 is 0 Å². The van der Waals surface area contributed by atoms with Crippen LogP contribution in [0.25, 0.3) is 0 Å². The number of rotatable bonds is 3. The molecular formula is C13H19ClN2O2. The molecule has 0 aromatic heterocycles. The van der Waals surface area contributed by atoms with Crippen molar-refractivity contribution in [3.8, 4) is 0 Å². The maximum atomic E-state index is 11.5. The van der Waals surface area contributed by atoms with Gasteiger partial charge in [0.1, 0.15) is 6.61 Å². The van der Waals surface area contributed by atoms with Gasteiger partial charge in [0.15, 0.2) is 0 Å². The second-order valence-corrected chi connectivity index (χ2v) is 4.25. The minimum atomic E-state index is -0.331. The summed E-state index contributed by atoms with van der Waals surface area (Å²) < 4.78 is 5.15. The molecule has 0 radical (unpaired) electrons. The van der Waals surface area contributed by atoms with Crippen LogP contribution in [0.3, 0.4) is 0 Å². The maximum absolute atomic E-state index is 11.5. The number of ether oxygens (including phenoxy) is 1. The molecule has 1 amide bonds. The number of piperidine rings is 1. The van der Waals surface area contributed by atoms with Crippen molar-refractivity contribution in [3.63, 3.8) is 0 Å². The number of amides is 1. The number of halogens is 1. The summed E-state index contributed by atoms with van der Waals surface area (Å²) in [6.45, 7) is 2.20. The molecule has 1 aliphatic rings. The SMILES string of the molecule is Cl.O=C(NC1CCCNC1)OCc1ccccc1. The van der Waals surface area contributed by atoms with Crippen molar-refractivity contribution in [2.75, 3.05) is 13.1 Å². The first-order chi connectivity index (χ1) is 8.34. The van der Waals surface area contributed by atoms with Gasteiger partial charge in [0, 0.05) is 12.6 Å². The zero-order valence-corrected chi connectivity index (χ0v) is 11.0. The Bertz CT molecular complexity index is 353. The molecule has 1 aromatic rings. The molecule has 2 N–H and O–H groups in total. The molecule has 2 rings (SSSR count). The molecule has 0 spiro atoms. The van der Waals surface area contributed by atoms with Crippen LogP contribution in [-0.2, 0) is 11.3 Å². The van der Waals surface area contributed by atoms with Gasteiger partial charge in [-0.15, -0.1) is 12.4 Å². The lowest BCUT2D eigenvalue weighted by Crippen LogP contribution is -2.45. The van der Waals surface area contributed by atoms with Crippen LogP contribution in [-0.4, -0.2) is 25.2 Å². The molecule has 1 unspecified atom stereocenters. The fourth-order valence-electron chi connectivity index (χ4n) is 1.91. The van der Waals surface area contributed by atoms with E-state index in [9.17, 15) is 4.79 Å². The van der Waals surface area contributed by atoms with E-state index in [1.165, 1.54) is 0 Å². The van der Waals surface area contributed by atoms with Crippen LogP contribution in [0, 0.1) is 0 Å². The van der Waals surface area contributed by atoms with Crippen LogP contribution < -0.4 is 10.6 Å². The Morgan fingerprint density at radius 1 is 1.39 bits per heavy atom. The summed E-state index contributed by atoms with van der Waals surface area (Å²) in [6.07, 6.45) is 1.79. The van der Waals surface area contributed by atoms with Gasteiger partial charge in [-0.1, -0.05) is 30.3 Å². The van der Waals surface area contributed by atoms with Gasteiger partial charge < -0.3 is 15.4 Å². The minimum Gasteiger partial charge on any atom is -0.445 e. The van der Waals surface area contributed by atoms with Gasteiger partial charge in [-0.3, -0.25) is 0 Å². The summed E-state index contributed by atoms with van der Waals surface area (Å²) >= 11 is 0. The van der Waals surface area contributed by atoms with Crippen molar-refractivity contribution < 1.29 is 9.53 Å². The van der Waals surface area contributed by atoms with Gasteiger partial charge in [-0.25, -0.2) is 4.79 Å². The molecular weight excluding hydrogens is 252 g/mol. The molecule has 1 fully saturated rings. The Labute approximate surface area is 114 Å². The fraction of sp³-hybridized carbons (Fsp3) is 0.462. The third kappa shape index (κ3) is 4.94. The summed E-state index contributed by atoms with van der Waals surface area (Å²) in [5.74, 6) is 0. The molecule has 0 aliphatic carbocycles. The summed E-state index contributed by atoms with van der Waals surface area (Å²) in [6, 6.07) is 9.89. The van der Waals surface area contributed by atoms with Crippen LogP contribution in [0.15, 0.2) is 30.3 Å². The molecule has 4 nitrogen and oxygen atoms in total. The fourth-order valence-corrected chi connectivity index (χ4v) is 1.91. The smallest absolute Gasteiger partial charge is 0.407 e. The molecule has 1 saturated heterocycles. The Morgan fingerprint density at radius 3 is 2.83 bits per heavy atom. The van der Waals surface area contributed by atoms with Crippen LogP contribution in [0.2, 0.25) is 0 Å². The topological polar surface area (TPSA) is 50.4 Å². The molecule has 1 atom stereocenters. The molecule has 1 aliphatic heterocycles. The number of alkyl carbamates (subject to hydrolysis) is 1. The third-order valence-electron chi connectivity index (χ3n) is 2.83. The first kappa shape index (κ1) is 14.8. The highest BCUT2D eigenvalue weighted by Gasteiger charge is 2.15. The Hall–Kier alpha value is -1.26.